The molecule has 0 atom stereocenters. The van der Waals surface area contributed by atoms with E-state index >= 15 is 0 Å². The maximum absolute atomic E-state index is 10.9. The van der Waals surface area contributed by atoms with Crippen LogP contribution in [0.1, 0.15) is 5.82 Å². The van der Waals surface area contributed by atoms with E-state index in [9.17, 15) is 18.5 Å². The molecule has 0 aliphatic carbocycles. The fraction of sp³-hybridized carbons (Fsp3) is 0.222. The first-order valence-electron chi connectivity index (χ1n) is 4.93. The Morgan fingerprint density at radius 2 is 2.22 bits per heavy atom. The second kappa shape index (κ2) is 4.35. The molecule has 18 heavy (non-hydrogen) atoms. The molecule has 0 radical (unpaired) electrons. The molecule has 2 aromatic rings. The molecule has 0 amide bonds. The lowest BCUT2D eigenvalue weighted by atomic mass is 10.3. The van der Waals surface area contributed by atoms with Crippen LogP contribution in [0.3, 0.4) is 0 Å². The van der Waals surface area contributed by atoms with Gasteiger partial charge in [0.05, 0.1) is 28.8 Å². The van der Waals surface area contributed by atoms with Crippen LogP contribution in [-0.2, 0) is 16.6 Å². The second-order valence-corrected chi connectivity index (χ2v) is 5.57. The number of hydrogen-bond acceptors (Lipinski definition) is 5. The highest BCUT2D eigenvalue weighted by Crippen LogP contribution is 2.18. The van der Waals surface area contributed by atoms with Gasteiger partial charge in [-0.15, -0.1) is 0 Å². The van der Waals surface area contributed by atoms with E-state index in [4.69, 9.17) is 0 Å². The van der Waals surface area contributed by atoms with E-state index in [1.54, 1.807) is 0 Å². The van der Waals surface area contributed by atoms with Crippen molar-refractivity contribution in [1.29, 1.82) is 0 Å². The third-order valence-corrected chi connectivity index (χ3v) is 2.90. The Balaban J connectivity index is 2.30. The molecular formula is C9H10N4O4S. The van der Waals surface area contributed by atoms with Crippen molar-refractivity contribution in [3.05, 3.63) is 34.1 Å². The number of non-ortho nitro benzene ring substituents is 1. The molecule has 0 fully saturated rings. The minimum Gasteiger partial charge on any atom is -0.341 e. The predicted molar refractivity (Wildman–Crippen MR) is 64.4 cm³/mol. The number of sulfonamides is 1. The Labute approximate surface area is 102 Å². The molecule has 2 N–H and O–H groups in total. The normalized spacial score (nSPS) is 11.8. The zero-order valence-corrected chi connectivity index (χ0v) is 10.2. The second-order valence-electron chi connectivity index (χ2n) is 3.74. The number of aromatic nitrogens is 2. The van der Waals surface area contributed by atoms with Gasteiger partial charge in [0.15, 0.2) is 0 Å². The quantitative estimate of drug-likeness (QED) is 0.620. The van der Waals surface area contributed by atoms with Crippen LogP contribution in [0.15, 0.2) is 18.2 Å². The number of aromatic amines is 1. The first-order chi connectivity index (χ1) is 8.35. The van der Waals surface area contributed by atoms with Gasteiger partial charge < -0.3 is 4.98 Å². The van der Waals surface area contributed by atoms with E-state index in [-0.39, 0.29) is 12.2 Å². The molecule has 0 bridgehead atoms. The number of nitro benzene ring substituents is 1. The minimum atomic E-state index is -3.30. The van der Waals surface area contributed by atoms with Crippen LogP contribution in [0.2, 0.25) is 0 Å². The summed E-state index contributed by atoms with van der Waals surface area (Å²) < 4.78 is 24.1. The molecule has 9 heteroatoms. The molecule has 0 aliphatic rings. The average Bonchev–Trinajstić information content (AvgIpc) is 2.66. The van der Waals surface area contributed by atoms with Gasteiger partial charge in [-0.05, 0) is 6.07 Å². The molecule has 0 aliphatic heterocycles. The van der Waals surface area contributed by atoms with Crippen molar-refractivity contribution < 1.29 is 13.3 Å². The molecular weight excluding hydrogens is 260 g/mol. The SMILES string of the molecule is CS(=O)(=O)NCc1nc2ccc([N+](=O)[O-])cc2[nH]1. The number of nitro groups is 1. The summed E-state index contributed by atoms with van der Waals surface area (Å²) in [4.78, 5) is 17.0. The maximum Gasteiger partial charge on any atom is 0.271 e. The van der Waals surface area contributed by atoms with Crippen LogP contribution in [0.4, 0.5) is 5.69 Å². The standard InChI is InChI=1S/C9H10N4O4S/c1-18(16,17)10-5-9-11-7-3-2-6(13(14)15)4-8(7)12-9/h2-4,10H,5H2,1H3,(H,11,12). The highest BCUT2D eigenvalue weighted by atomic mass is 32.2. The fourth-order valence-electron chi connectivity index (χ4n) is 1.45. The van der Waals surface area contributed by atoms with Gasteiger partial charge in [0.25, 0.3) is 5.69 Å². The third kappa shape index (κ3) is 2.81. The Morgan fingerprint density at radius 1 is 1.50 bits per heavy atom. The van der Waals surface area contributed by atoms with Gasteiger partial charge in [0.1, 0.15) is 5.82 Å². The number of fused-ring (bicyclic) bond motifs is 1. The van der Waals surface area contributed by atoms with E-state index in [2.05, 4.69) is 14.7 Å². The summed E-state index contributed by atoms with van der Waals surface area (Å²) in [7, 11) is -3.30. The van der Waals surface area contributed by atoms with Gasteiger partial charge in [-0.2, -0.15) is 0 Å². The highest BCUT2D eigenvalue weighted by molar-refractivity contribution is 7.88. The molecule has 0 spiro atoms. The summed E-state index contributed by atoms with van der Waals surface area (Å²) in [5.41, 5.74) is 0.995. The summed E-state index contributed by atoms with van der Waals surface area (Å²) in [6.45, 7) is 0.0152. The van der Waals surface area contributed by atoms with Gasteiger partial charge >= 0.3 is 0 Å². The topological polar surface area (TPSA) is 118 Å². The minimum absolute atomic E-state index is 0.0152. The number of hydrogen-bond donors (Lipinski definition) is 2. The van der Waals surface area contributed by atoms with E-state index < -0.39 is 14.9 Å². The van der Waals surface area contributed by atoms with Crippen LogP contribution in [0.5, 0.6) is 0 Å². The average molecular weight is 270 g/mol. The maximum atomic E-state index is 10.9. The van der Waals surface area contributed by atoms with E-state index in [0.29, 0.717) is 16.9 Å². The van der Waals surface area contributed by atoms with E-state index in [0.717, 1.165) is 6.26 Å². The summed E-state index contributed by atoms with van der Waals surface area (Å²) >= 11 is 0. The molecule has 8 nitrogen and oxygen atoms in total. The van der Waals surface area contributed by atoms with Crippen molar-refractivity contribution >= 4 is 26.7 Å². The summed E-state index contributed by atoms with van der Waals surface area (Å²) in [5.74, 6) is 0.399. The van der Waals surface area contributed by atoms with Crippen LogP contribution < -0.4 is 4.72 Å². The number of rotatable bonds is 4. The number of benzene rings is 1. The van der Waals surface area contributed by atoms with Gasteiger partial charge in [0, 0.05) is 12.1 Å². The van der Waals surface area contributed by atoms with Crippen LogP contribution in [0, 0.1) is 10.1 Å². The van der Waals surface area contributed by atoms with Crippen molar-refractivity contribution in [2.24, 2.45) is 0 Å². The van der Waals surface area contributed by atoms with E-state index in [1.165, 1.54) is 18.2 Å². The lowest BCUT2D eigenvalue weighted by Crippen LogP contribution is -2.21. The first kappa shape index (κ1) is 12.5. The summed E-state index contributed by atoms with van der Waals surface area (Å²) in [6, 6.07) is 4.21. The van der Waals surface area contributed by atoms with Crippen LogP contribution >= 0.6 is 0 Å². The first-order valence-corrected chi connectivity index (χ1v) is 6.82. The number of nitrogens with zero attached hydrogens (tertiary/aromatic N) is 2. The Morgan fingerprint density at radius 3 is 2.83 bits per heavy atom. The monoisotopic (exact) mass is 270 g/mol. The third-order valence-electron chi connectivity index (χ3n) is 2.23. The zero-order valence-electron chi connectivity index (χ0n) is 9.37. The van der Waals surface area contributed by atoms with Gasteiger partial charge in [-0.3, -0.25) is 10.1 Å². The molecule has 0 saturated heterocycles. The molecule has 0 unspecified atom stereocenters. The van der Waals surface area contributed by atoms with Crippen molar-refractivity contribution in [3.63, 3.8) is 0 Å². The van der Waals surface area contributed by atoms with E-state index in [1.807, 2.05) is 0 Å². The van der Waals surface area contributed by atoms with Crippen molar-refractivity contribution in [2.45, 2.75) is 6.54 Å². The summed E-state index contributed by atoms with van der Waals surface area (Å²) in [5, 5.41) is 10.6. The lowest BCUT2D eigenvalue weighted by Gasteiger charge is -1.97. The number of imidazole rings is 1. The Bertz CT molecular complexity index is 706. The largest absolute Gasteiger partial charge is 0.341 e. The van der Waals surface area contributed by atoms with Gasteiger partial charge in [0.2, 0.25) is 10.0 Å². The van der Waals surface area contributed by atoms with Gasteiger partial charge in [-0.1, -0.05) is 0 Å². The van der Waals surface area contributed by atoms with Gasteiger partial charge in [-0.25, -0.2) is 18.1 Å². The molecule has 0 saturated carbocycles. The van der Waals surface area contributed by atoms with Crippen LogP contribution in [-0.4, -0.2) is 29.6 Å². The summed E-state index contributed by atoms with van der Waals surface area (Å²) in [6.07, 6.45) is 1.04. The fourth-order valence-corrected chi connectivity index (χ4v) is 1.85. The van der Waals surface area contributed by atoms with Crippen molar-refractivity contribution in [3.8, 4) is 0 Å². The predicted octanol–water partition coefficient (Wildman–Crippen LogP) is 0.520. The Kier molecular flexibility index (Phi) is 3.01. The van der Waals surface area contributed by atoms with Crippen molar-refractivity contribution in [1.82, 2.24) is 14.7 Å². The smallest absolute Gasteiger partial charge is 0.271 e. The number of nitrogens with one attached hydrogen (secondary N) is 2. The molecule has 96 valence electrons. The lowest BCUT2D eigenvalue weighted by molar-refractivity contribution is -0.384. The number of H-pyrrole nitrogens is 1. The van der Waals surface area contributed by atoms with Crippen molar-refractivity contribution in [2.75, 3.05) is 6.26 Å². The molecule has 1 aromatic carbocycles. The Hall–Kier alpha value is -2.00. The van der Waals surface area contributed by atoms with Crippen LogP contribution in [0.25, 0.3) is 11.0 Å². The molecule has 1 aromatic heterocycles. The highest BCUT2D eigenvalue weighted by Gasteiger charge is 2.10. The molecule has 2 rings (SSSR count). The molecule has 1 heterocycles. The zero-order chi connectivity index (χ0) is 13.3.